The van der Waals surface area contributed by atoms with E-state index in [1.807, 2.05) is 0 Å². The van der Waals surface area contributed by atoms with Crippen LogP contribution in [0.1, 0.15) is 16.1 Å². The maximum atomic E-state index is 11.4. The van der Waals surface area contributed by atoms with Crippen molar-refractivity contribution in [1.82, 2.24) is 15.3 Å². The van der Waals surface area contributed by atoms with Gasteiger partial charge in [-0.05, 0) is 24.1 Å². The first-order valence-electron chi connectivity index (χ1n) is 3.79. The number of hydrogen-bond acceptors (Lipinski definition) is 4. The minimum atomic E-state index is -0.423. The zero-order valence-corrected chi connectivity index (χ0v) is 8.17. The third-order valence-electron chi connectivity index (χ3n) is 1.49. The number of carbonyl (C=O) groups excluding carboxylic acids is 1. The first-order valence-corrected chi connectivity index (χ1v) is 4.17. The van der Waals surface area contributed by atoms with Crippen LogP contribution in [0.3, 0.4) is 0 Å². The van der Waals surface area contributed by atoms with Crippen LogP contribution in [0.4, 0.5) is 0 Å². The van der Waals surface area contributed by atoms with E-state index in [1.54, 1.807) is 13.0 Å². The Bertz CT molecular complexity index is 399. The maximum absolute atomic E-state index is 11.4. The van der Waals surface area contributed by atoms with Gasteiger partial charge in [0.25, 0.3) is 5.91 Å². The number of rotatable bonds is 2. The Labute approximate surface area is 85.7 Å². The topological polar surface area (TPSA) is 78.7 Å². The highest BCUT2D eigenvalue weighted by molar-refractivity contribution is 6.28. The number of nitrogens with zero attached hydrogens (tertiary/aromatic N) is 3. The van der Waals surface area contributed by atoms with Gasteiger partial charge in [-0.15, -0.1) is 0 Å². The number of aryl methyl sites for hydroxylation is 1. The minimum absolute atomic E-state index is 0.0118. The summed E-state index contributed by atoms with van der Waals surface area (Å²) >= 11 is 5.53. The molecule has 14 heavy (non-hydrogen) atoms. The molecule has 0 saturated carbocycles. The zero-order valence-electron chi connectivity index (χ0n) is 7.41. The molecule has 0 bridgehead atoms. The van der Waals surface area contributed by atoms with Gasteiger partial charge in [-0.3, -0.25) is 4.79 Å². The summed E-state index contributed by atoms with van der Waals surface area (Å²) in [5.74, 6) is -0.423. The van der Waals surface area contributed by atoms with Crippen molar-refractivity contribution < 1.29 is 4.79 Å². The number of halogens is 1. The standard InChI is InChI=1S/C8H7ClN4O/c1-5-4-12-8(9)13-6(5)7(14)11-3-2-10/h4H,3H2,1H3,(H,11,14). The van der Waals surface area contributed by atoms with Crippen molar-refractivity contribution in [3.8, 4) is 6.07 Å². The highest BCUT2D eigenvalue weighted by Crippen LogP contribution is 2.06. The van der Waals surface area contributed by atoms with E-state index in [9.17, 15) is 4.79 Å². The second-order valence-corrected chi connectivity index (χ2v) is 2.85. The van der Waals surface area contributed by atoms with Crippen molar-refractivity contribution in [2.45, 2.75) is 6.92 Å². The van der Waals surface area contributed by atoms with Crippen LogP contribution >= 0.6 is 11.6 Å². The predicted octanol–water partition coefficient (Wildman–Crippen LogP) is 0.692. The third-order valence-corrected chi connectivity index (χ3v) is 1.67. The minimum Gasteiger partial charge on any atom is -0.338 e. The van der Waals surface area contributed by atoms with E-state index < -0.39 is 5.91 Å². The van der Waals surface area contributed by atoms with Gasteiger partial charge in [-0.1, -0.05) is 0 Å². The van der Waals surface area contributed by atoms with Crippen molar-refractivity contribution in [3.63, 3.8) is 0 Å². The molecule has 0 saturated heterocycles. The molecule has 1 amide bonds. The largest absolute Gasteiger partial charge is 0.338 e. The van der Waals surface area contributed by atoms with Crippen LogP contribution in [0.15, 0.2) is 6.20 Å². The Balaban J connectivity index is 2.90. The molecule has 72 valence electrons. The number of amides is 1. The molecule has 1 heterocycles. The van der Waals surface area contributed by atoms with Crippen molar-refractivity contribution >= 4 is 17.5 Å². The van der Waals surface area contributed by atoms with Crippen molar-refractivity contribution in [2.75, 3.05) is 6.54 Å². The number of nitriles is 1. The number of hydrogen-bond donors (Lipinski definition) is 1. The summed E-state index contributed by atoms with van der Waals surface area (Å²) in [6.07, 6.45) is 1.45. The molecule has 0 aliphatic rings. The lowest BCUT2D eigenvalue weighted by molar-refractivity contribution is 0.0952. The van der Waals surface area contributed by atoms with E-state index in [0.717, 1.165) is 0 Å². The predicted molar refractivity (Wildman–Crippen MR) is 49.7 cm³/mol. The molecule has 1 N–H and O–H groups in total. The van der Waals surface area contributed by atoms with Gasteiger partial charge in [0.15, 0.2) is 0 Å². The first kappa shape index (κ1) is 10.4. The SMILES string of the molecule is Cc1cnc(Cl)nc1C(=O)NCC#N. The number of nitrogens with one attached hydrogen (secondary N) is 1. The summed E-state index contributed by atoms with van der Waals surface area (Å²) in [6.45, 7) is 1.64. The van der Waals surface area contributed by atoms with E-state index in [1.165, 1.54) is 6.20 Å². The fourth-order valence-electron chi connectivity index (χ4n) is 0.854. The smallest absolute Gasteiger partial charge is 0.271 e. The van der Waals surface area contributed by atoms with Crippen LogP contribution in [-0.4, -0.2) is 22.4 Å². The second kappa shape index (κ2) is 4.53. The van der Waals surface area contributed by atoms with Gasteiger partial charge < -0.3 is 5.32 Å². The molecule has 0 spiro atoms. The Hall–Kier alpha value is -1.67. The van der Waals surface area contributed by atoms with E-state index in [2.05, 4.69) is 15.3 Å². The molecule has 0 atom stereocenters. The molecule has 0 aromatic carbocycles. The van der Waals surface area contributed by atoms with E-state index >= 15 is 0 Å². The van der Waals surface area contributed by atoms with E-state index in [0.29, 0.717) is 5.56 Å². The number of aromatic nitrogens is 2. The fraction of sp³-hybridized carbons (Fsp3) is 0.250. The Kier molecular flexibility index (Phi) is 3.37. The molecule has 0 aliphatic carbocycles. The Morgan fingerprint density at radius 3 is 3.14 bits per heavy atom. The van der Waals surface area contributed by atoms with Gasteiger partial charge >= 0.3 is 0 Å². The second-order valence-electron chi connectivity index (χ2n) is 2.51. The Morgan fingerprint density at radius 2 is 2.50 bits per heavy atom. The lowest BCUT2D eigenvalue weighted by atomic mass is 10.2. The molecule has 0 unspecified atom stereocenters. The number of carbonyl (C=O) groups is 1. The van der Waals surface area contributed by atoms with Crippen LogP contribution in [-0.2, 0) is 0 Å². The maximum Gasteiger partial charge on any atom is 0.271 e. The Morgan fingerprint density at radius 1 is 1.79 bits per heavy atom. The molecule has 1 rings (SSSR count). The van der Waals surface area contributed by atoms with Gasteiger partial charge in [-0.25, -0.2) is 9.97 Å². The van der Waals surface area contributed by atoms with Crippen molar-refractivity contribution in [3.05, 3.63) is 22.7 Å². The molecule has 0 fully saturated rings. The highest BCUT2D eigenvalue weighted by Gasteiger charge is 2.10. The first-order chi connectivity index (χ1) is 6.65. The van der Waals surface area contributed by atoms with Crippen LogP contribution in [0.5, 0.6) is 0 Å². The third kappa shape index (κ3) is 2.41. The van der Waals surface area contributed by atoms with E-state index in [4.69, 9.17) is 16.9 Å². The van der Waals surface area contributed by atoms with Gasteiger partial charge in [0.1, 0.15) is 12.2 Å². The monoisotopic (exact) mass is 210 g/mol. The average Bonchev–Trinajstić information content (AvgIpc) is 2.18. The summed E-state index contributed by atoms with van der Waals surface area (Å²) < 4.78 is 0. The summed E-state index contributed by atoms with van der Waals surface area (Å²) in [7, 11) is 0. The fourth-order valence-corrected chi connectivity index (χ4v) is 0.987. The molecule has 0 aliphatic heterocycles. The lowest BCUT2D eigenvalue weighted by Crippen LogP contribution is -2.25. The van der Waals surface area contributed by atoms with Gasteiger partial charge in [-0.2, -0.15) is 5.26 Å². The molecule has 5 nitrogen and oxygen atoms in total. The molecule has 0 radical (unpaired) electrons. The zero-order chi connectivity index (χ0) is 10.6. The molecule has 1 aromatic rings. The van der Waals surface area contributed by atoms with Gasteiger partial charge in [0.2, 0.25) is 5.28 Å². The average molecular weight is 211 g/mol. The summed E-state index contributed by atoms with van der Waals surface area (Å²) in [5, 5.41) is 10.6. The molecule has 1 aromatic heterocycles. The lowest BCUT2D eigenvalue weighted by Gasteiger charge is -2.02. The molecular formula is C8H7ClN4O. The van der Waals surface area contributed by atoms with Crippen LogP contribution < -0.4 is 5.32 Å². The summed E-state index contributed by atoms with van der Waals surface area (Å²) in [5.41, 5.74) is 0.810. The van der Waals surface area contributed by atoms with Crippen molar-refractivity contribution in [1.29, 1.82) is 5.26 Å². The highest BCUT2D eigenvalue weighted by atomic mass is 35.5. The van der Waals surface area contributed by atoms with Crippen LogP contribution in [0.25, 0.3) is 0 Å². The van der Waals surface area contributed by atoms with E-state index in [-0.39, 0.29) is 17.5 Å². The molecular weight excluding hydrogens is 204 g/mol. The normalized spacial score (nSPS) is 9.21. The summed E-state index contributed by atoms with van der Waals surface area (Å²) in [4.78, 5) is 18.8. The summed E-state index contributed by atoms with van der Waals surface area (Å²) in [6, 6.07) is 1.79. The van der Waals surface area contributed by atoms with Crippen molar-refractivity contribution in [2.24, 2.45) is 0 Å². The van der Waals surface area contributed by atoms with Gasteiger partial charge in [0.05, 0.1) is 6.07 Å². The van der Waals surface area contributed by atoms with Crippen LogP contribution in [0, 0.1) is 18.3 Å². The quantitative estimate of drug-likeness (QED) is 0.576. The van der Waals surface area contributed by atoms with Crippen LogP contribution in [0.2, 0.25) is 5.28 Å². The van der Waals surface area contributed by atoms with Gasteiger partial charge in [0, 0.05) is 6.20 Å². The molecule has 6 heteroatoms.